The summed E-state index contributed by atoms with van der Waals surface area (Å²) in [5.41, 5.74) is 3.83. The third-order valence-corrected chi connectivity index (χ3v) is 5.57. The summed E-state index contributed by atoms with van der Waals surface area (Å²) in [5.74, 6) is 0.803. The van der Waals surface area contributed by atoms with E-state index in [1.165, 1.54) is 0 Å². The number of aromatic amines is 1. The molecule has 1 fully saturated rings. The van der Waals surface area contributed by atoms with Crippen LogP contribution in [-0.2, 0) is 11.2 Å². The number of aromatic nitrogens is 1. The van der Waals surface area contributed by atoms with Gasteiger partial charge in [-0.25, -0.2) is 0 Å². The monoisotopic (exact) mass is 399 g/mol. The molecule has 7 heteroatoms. The molecule has 0 aliphatic carbocycles. The molecule has 2 heterocycles. The minimum Gasteiger partial charge on any atom is -0.497 e. The van der Waals surface area contributed by atoms with Crippen LogP contribution in [0.25, 0.3) is 10.9 Å². The first kappa shape index (κ1) is 19.9. The summed E-state index contributed by atoms with van der Waals surface area (Å²) >= 11 is 0. The SMILES string of the molecule is COc1ccc(Cc2c[nH]c3ccc([C@@H]4O[C@H](CO)[C@@H](O)[C@H](O)[C@H]4O)cc23)cc1. The smallest absolute Gasteiger partial charge is 0.118 e. The Balaban J connectivity index is 1.64. The number of aliphatic hydroxyl groups excluding tert-OH is 4. The first-order valence-corrected chi connectivity index (χ1v) is 9.55. The third-order valence-electron chi connectivity index (χ3n) is 5.57. The lowest BCUT2D eigenvalue weighted by Crippen LogP contribution is -2.55. The predicted molar refractivity (Wildman–Crippen MR) is 107 cm³/mol. The molecule has 154 valence electrons. The van der Waals surface area contributed by atoms with Crippen molar-refractivity contribution >= 4 is 10.9 Å². The molecule has 1 aliphatic rings. The van der Waals surface area contributed by atoms with Gasteiger partial charge in [0.05, 0.1) is 13.7 Å². The molecule has 7 nitrogen and oxygen atoms in total. The van der Waals surface area contributed by atoms with Crippen LogP contribution < -0.4 is 4.74 Å². The molecule has 1 aromatic heterocycles. The van der Waals surface area contributed by atoms with Gasteiger partial charge in [0.1, 0.15) is 36.3 Å². The molecule has 1 saturated heterocycles. The molecular weight excluding hydrogens is 374 g/mol. The largest absolute Gasteiger partial charge is 0.497 e. The van der Waals surface area contributed by atoms with Crippen LogP contribution in [0.15, 0.2) is 48.7 Å². The molecule has 5 atom stereocenters. The summed E-state index contributed by atoms with van der Waals surface area (Å²) in [4.78, 5) is 3.25. The van der Waals surface area contributed by atoms with E-state index < -0.39 is 37.1 Å². The summed E-state index contributed by atoms with van der Waals surface area (Å²) in [7, 11) is 1.63. The van der Waals surface area contributed by atoms with Gasteiger partial charge in [-0.1, -0.05) is 18.2 Å². The van der Waals surface area contributed by atoms with E-state index in [4.69, 9.17) is 9.47 Å². The van der Waals surface area contributed by atoms with E-state index in [0.717, 1.165) is 27.8 Å². The van der Waals surface area contributed by atoms with Gasteiger partial charge in [-0.2, -0.15) is 0 Å². The maximum Gasteiger partial charge on any atom is 0.118 e. The van der Waals surface area contributed by atoms with Gasteiger partial charge < -0.3 is 34.9 Å². The first-order valence-electron chi connectivity index (χ1n) is 9.55. The van der Waals surface area contributed by atoms with Crippen LogP contribution in [0.5, 0.6) is 5.75 Å². The Kier molecular flexibility index (Phi) is 5.58. The summed E-state index contributed by atoms with van der Waals surface area (Å²) in [6.45, 7) is -0.448. The second-order valence-electron chi connectivity index (χ2n) is 7.39. The van der Waals surface area contributed by atoms with Crippen molar-refractivity contribution in [2.75, 3.05) is 13.7 Å². The van der Waals surface area contributed by atoms with Gasteiger partial charge in [-0.15, -0.1) is 0 Å². The molecule has 2 aromatic carbocycles. The Morgan fingerprint density at radius 2 is 1.76 bits per heavy atom. The number of methoxy groups -OCH3 is 1. The minimum atomic E-state index is -1.40. The summed E-state index contributed by atoms with van der Waals surface area (Å²) in [6.07, 6.45) is -3.18. The zero-order chi connectivity index (χ0) is 20.5. The highest BCUT2D eigenvalue weighted by molar-refractivity contribution is 5.84. The number of benzene rings is 2. The molecule has 4 rings (SSSR count). The van der Waals surface area contributed by atoms with Crippen LogP contribution >= 0.6 is 0 Å². The van der Waals surface area contributed by atoms with Gasteiger partial charge in [0.15, 0.2) is 0 Å². The van der Waals surface area contributed by atoms with Crippen molar-refractivity contribution in [2.24, 2.45) is 0 Å². The molecule has 0 saturated carbocycles. The normalized spacial score (nSPS) is 27.3. The lowest BCUT2D eigenvalue weighted by Gasteiger charge is -2.40. The lowest BCUT2D eigenvalue weighted by atomic mass is 9.90. The van der Waals surface area contributed by atoms with Crippen LogP contribution in [-0.4, -0.2) is 63.5 Å². The van der Waals surface area contributed by atoms with E-state index in [-0.39, 0.29) is 0 Å². The lowest BCUT2D eigenvalue weighted by molar-refractivity contribution is -0.231. The number of nitrogens with one attached hydrogen (secondary N) is 1. The Morgan fingerprint density at radius 1 is 1.00 bits per heavy atom. The van der Waals surface area contributed by atoms with Crippen LogP contribution in [0.3, 0.4) is 0 Å². The molecule has 3 aromatic rings. The predicted octanol–water partition coefficient (Wildman–Crippen LogP) is 1.28. The van der Waals surface area contributed by atoms with Crippen molar-refractivity contribution < 1.29 is 29.9 Å². The van der Waals surface area contributed by atoms with E-state index in [1.54, 1.807) is 7.11 Å². The molecule has 0 spiro atoms. The van der Waals surface area contributed by atoms with Crippen molar-refractivity contribution in [2.45, 2.75) is 36.9 Å². The highest BCUT2D eigenvalue weighted by Crippen LogP contribution is 2.34. The first-order chi connectivity index (χ1) is 14.0. The molecule has 0 bridgehead atoms. The van der Waals surface area contributed by atoms with Crippen LogP contribution in [0.2, 0.25) is 0 Å². The fourth-order valence-electron chi connectivity index (χ4n) is 3.86. The molecule has 0 unspecified atom stereocenters. The van der Waals surface area contributed by atoms with E-state index >= 15 is 0 Å². The minimum absolute atomic E-state index is 0.448. The van der Waals surface area contributed by atoms with Gasteiger partial charge in [-0.05, 0) is 47.4 Å². The number of fused-ring (bicyclic) bond motifs is 1. The highest BCUT2D eigenvalue weighted by Gasteiger charge is 2.43. The van der Waals surface area contributed by atoms with Crippen molar-refractivity contribution in [1.29, 1.82) is 0 Å². The van der Waals surface area contributed by atoms with Crippen molar-refractivity contribution in [3.63, 3.8) is 0 Å². The van der Waals surface area contributed by atoms with Crippen LogP contribution in [0.1, 0.15) is 22.8 Å². The Bertz CT molecular complexity index is 967. The van der Waals surface area contributed by atoms with Crippen LogP contribution in [0, 0.1) is 0 Å². The molecular formula is C22H25NO6. The van der Waals surface area contributed by atoms with Gasteiger partial charge in [0.2, 0.25) is 0 Å². The Labute approximate surface area is 168 Å². The molecule has 29 heavy (non-hydrogen) atoms. The maximum atomic E-state index is 10.4. The van der Waals surface area contributed by atoms with Gasteiger partial charge in [0.25, 0.3) is 0 Å². The number of hydrogen-bond acceptors (Lipinski definition) is 6. The quantitative estimate of drug-likeness (QED) is 0.442. The zero-order valence-electron chi connectivity index (χ0n) is 16.0. The van der Waals surface area contributed by atoms with E-state index in [1.807, 2.05) is 48.7 Å². The third kappa shape index (κ3) is 3.75. The topological polar surface area (TPSA) is 115 Å². The highest BCUT2D eigenvalue weighted by atomic mass is 16.5. The summed E-state index contributed by atoms with van der Waals surface area (Å²) in [6, 6.07) is 13.5. The standard InChI is InChI=1S/C22H25NO6/c1-28-15-5-2-12(3-6-15)8-14-10-23-17-7-4-13(9-16(14)17)22-21(27)20(26)19(25)18(11-24)29-22/h2-7,9-10,18-27H,8,11H2,1H3/t18-,19-,20+,21-,22+/m1/s1. The second-order valence-corrected chi connectivity index (χ2v) is 7.39. The molecule has 0 radical (unpaired) electrons. The fraction of sp³-hybridized carbons (Fsp3) is 0.364. The average Bonchev–Trinajstić information content (AvgIpc) is 3.15. The van der Waals surface area contributed by atoms with Crippen LogP contribution in [0.4, 0.5) is 0 Å². The molecule has 0 amide bonds. The van der Waals surface area contributed by atoms with Crippen molar-refractivity contribution in [1.82, 2.24) is 4.98 Å². The van der Waals surface area contributed by atoms with Crippen molar-refractivity contribution in [3.8, 4) is 5.75 Å². The van der Waals surface area contributed by atoms with Gasteiger partial charge in [0, 0.05) is 17.1 Å². The zero-order valence-corrected chi connectivity index (χ0v) is 16.0. The molecule has 5 N–H and O–H groups in total. The number of aliphatic hydroxyl groups is 4. The average molecular weight is 399 g/mol. The Hall–Kier alpha value is -2.42. The maximum absolute atomic E-state index is 10.4. The number of rotatable bonds is 5. The fourth-order valence-corrected chi connectivity index (χ4v) is 3.86. The summed E-state index contributed by atoms with van der Waals surface area (Å²) in [5, 5.41) is 40.9. The number of ether oxygens (including phenoxy) is 2. The number of H-pyrrole nitrogens is 1. The van der Waals surface area contributed by atoms with Gasteiger partial charge >= 0.3 is 0 Å². The van der Waals surface area contributed by atoms with Gasteiger partial charge in [-0.3, -0.25) is 0 Å². The van der Waals surface area contributed by atoms with E-state index in [0.29, 0.717) is 12.0 Å². The molecule has 1 aliphatic heterocycles. The number of hydrogen-bond donors (Lipinski definition) is 5. The summed E-state index contributed by atoms with van der Waals surface area (Å²) < 4.78 is 10.9. The van der Waals surface area contributed by atoms with E-state index in [2.05, 4.69) is 4.98 Å². The van der Waals surface area contributed by atoms with Crippen molar-refractivity contribution in [3.05, 3.63) is 65.4 Å². The Morgan fingerprint density at radius 3 is 2.45 bits per heavy atom. The van der Waals surface area contributed by atoms with E-state index in [9.17, 15) is 20.4 Å². The second kappa shape index (κ2) is 8.14.